The molecule has 76 valence electrons. The number of aryl methyl sites for hydroxylation is 1. The highest BCUT2D eigenvalue weighted by Crippen LogP contribution is 2.11. The fourth-order valence-electron chi connectivity index (χ4n) is 0.965. The first-order chi connectivity index (χ1) is 7.25. The molecule has 5 heteroatoms. The van der Waals surface area contributed by atoms with Gasteiger partial charge >= 0.3 is 0 Å². The van der Waals surface area contributed by atoms with Crippen LogP contribution in [0, 0.1) is 6.92 Å². The van der Waals surface area contributed by atoms with Gasteiger partial charge in [0.2, 0.25) is 0 Å². The maximum absolute atomic E-state index is 5.57. The molecule has 0 saturated heterocycles. The summed E-state index contributed by atoms with van der Waals surface area (Å²) in [5, 5.41) is 3.66. The lowest BCUT2D eigenvalue weighted by molar-refractivity contribution is 0.424. The van der Waals surface area contributed by atoms with Crippen molar-refractivity contribution in [2.75, 3.05) is 0 Å². The van der Waals surface area contributed by atoms with Gasteiger partial charge in [0.05, 0.1) is 0 Å². The fraction of sp³-hybridized carbons (Fsp3) is 0.300. The molecule has 2 heterocycles. The van der Waals surface area contributed by atoms with Crippen molar-refractivity contribution in [1.82, 2.24) is 15.1 Å². The molecule has 0 aromatic carbocycles. The minimum atomic E-state index is 0.393. The molecule has 2 radical (unpaired) electrons. The average Bonchev–Trinajstić information content (AvgIpc) is 2.68. The molecule has 0 fully saturated rings. The molecule has 4 nitrogen and oxygen atoms in total. The Morgan fingerprint density at radius 1 is 1.33 bits per heavy atom. The zero-order valence-electron chi connectivity index (χ0n) is 9.06. The van der Waals surface area contributed by atoms with Crippen molar-refractivity contribution in [2.24, 2.45) is 0 Å². The van der Waals surface area contributed by atoms with E-state index in [-0.39, 0.29) is 0 Å². The van der Waals surface area contributed by atoms with Crippen LogP contribution in [0.2, 0.25) is 0 Å². The Morgan fingerprint density at radius 2 is 2.07 bits per heavy atom. The van der Waals surface area contributed by atoms with Gasteiger partial charge in [-0.05, 0) is 13.0 Å². The first kappa shape index (κ1) is 11.4. The molecule has 0 saturated carbocycles. The van der Waals surface area contributed by atoms with Gasteiger partial charge in [-0.3, -0.25) is 4.98 Å². The molecule has 0 spiro atoms. The third-order valence-electron chi connectivity index (χ3n) is 1.53. The van der Waals surface area contributed by atoms with E-state index < -0.39 is 0 Å². The standard InChI is InChI=1S/C8H6BN3O.C2H6/c1-5-11-8(13-12-5)7-4-6(9)2-3-10-7;1-2/h2-4H,1H3;1-2H3. The molecule has 2 aromatic rings. The van der Waals surface area contributed by atoms with Crippen LogP contribution < -0.4 is 5.46 Å². The molecule has 0 amide bonds. The third-order valence-corrected chi connectivity index (χ3v) is 1.53. The summed E-state index contributed by atoms with van der Waals surface area (Å²) >= 11 is 0. The molecular formula is C10H12BN3O. The maximum Gasteiger partial charge on any atom is 0.276 e. The van der Waals surface area contributed by atoms with Crippen LogP contribution in [-0.4, -0.2) is 23.0 Å². The number of hydrogen-bond donors (Lipinski definition) is 0. The quantitative estimate of drug-likeness (QED) is 0.651. The van der Waals surface area contributed by atoms with Crippen LogP contribution in [0.4, 0.5) is 0 Å². The highest BCUT2D eigenvalue weighted by molar-refractivity contribution is 6.32. The van der Waals surface area contributed by atoms with Crippen LogP contribution in [0.5, 0.6) is 0 Å². The molecule has 2 rings (SSSR count). The number of rotatable bonds is 1. The van der Waals surface area contributed by atoms with Crippen LogP contribution >= 0.6 is 0 Å². The van der Waals surface area contributed by atoms with Crippen LogP contribution in [0.1, 0.15) is 19.7 Å². The second-order valence-corrected chi connectivity index (χ2v) is 2.62. The Morgan fingerprint density at radius 3 is 2.60 bits per heavy atom. The molecule has 0 atom stereocenters. The molecule has 15 heavy (non-hydrogen) atoms. The topological polar surface area (TPSA) is 51.8 Å². The molecular weight excluding hydrogens is 189 g/mol. The Labute approximate surface area is 90.1 Å². The van der Waals surface area contributed by atoms with Crippen molar-refractivity contribution in [3.05, 3.63) is 24.2 Å². The number of nitrogens with zero attached hydrogens (tertiary/aromatic N) is 3. The van der Waals surface area contributed by atoms with Gasteiger partial charge in [0.1, 0.15) is 13.5 Å². The van der Waals surface area contributed by atoms with Gasteiger partial charge in [0.25, 0.3) is 5.89 Å². The normalized spacial score (nSPS) is 9.27. The molecule has 0 aliphatic heterocycles. The molecule has 0 aliphatic rings. The van der Waals surface area contributed by atoms with Crippen LogP contribution in [0.25, 0.3) is 11.6 Å². The van der Waals surface area contributed by atoms with Crippen molar-refractivity contribution in [2.45, 2.75) is 20.8 Å². The van der Waals surface area contributed by atoms with Crippen molar-refractivity contribution in [3.8, 4) is 11.6 Å². The van der Waals surface area contributed by atoms with E-state index in [1.165, 1.54) is 0 Å². The van der Waals surface area contributed by atoms with E-state index in [0.717, 1.165) is 0 Å². The summed E-state index contributed by atoms with van der Waals surface area (Å²) in [4.78, 5) is 8.07. The van der Waals surface area contributed by atoms with Crippen molar-refractivity contribution >= 4 is 13.3 Å². The summed E-state index contributed by atoms with van der Waals surface area (Å²) in [5.41, 5.74) is 1.22. The highest BCUT2D eigenvalue weighted by Gasteiger charge is 2.06. The van der Waals surface area contributed by atoms with E-state index in [9.17, 15) is 0 Å². The van der Waals surface area contributed by atoms with Gasteiger partial charge in [-0.15, -0.1) is 0 Å². The zero-order chi connectivity index (χ0) is 11.3. The van der Waals surface area contributed by atoms with Crippen molar-refractivity contribution < 1.29 is 4.52 Å². The monoisotopic (exact) mass is 201 g/mol. The third kappa shape index (κ3) is 2.90. The number of aromatic nitrogens is 3. The Kier molecular flexibility index (Phi) is 4.03. The van der Waals surface area contributed by atoms with E-state index in [0.29, 0.717) is 22.9 Å². The molecule has 0 unspecified atom stereocenters. The minimum absolute atomic E-state index is 0.393. The lowest BCUT2D eigenvalue weighted by atomic mass is 9.97. The molecule has 0 bridgehead atoms. The molecule has 0 N–H and O–H groups in total. The van der Waals surface area contributed by atoms with Gasteiger partial charge in [-0.2, -0.15) is 4.98 Å². The van der Waals surface area contributed by atoms with E-state index >= 15 is 0 Å². The summed E-state index contributed by atoms with van der Waals surface area (Å²) in [7, 11) is 5.57. The Hall–Kier alpha value is -1.65. The SMILES string of the molecule is CC.[B]c1ccnc(-c2nc(C)no2)c1. The summed E-state index contributed by atoms with van der Waals surface area (Å²) in [6, 6.07) is 3.39. The smallest absolute Gasteiger partial charge is 0.276 e. The van der Waals surface area contributed by atoms with Crippen LogP contribution in [0.15, 0.2) is 22.9 Å². The number of pyridine rings is 1. The maximum atomic E-state index is 5.57. The van der Waals surface area contributed by atoms with Crippen molar-refractivity contribution in [3.63, 3.8) is 0 Å². The van der Waals surface area contributed by atoms with Gasteiger partial charge in [-0.1, -0.05) is 30.5 Å². The van der Waals surface area contributed by atoms with Gasteiger partial charge in [0.15, 0.2) is 5.82 Å². The summed E-state index contributed by atoms with van der Waals surface area (Å²) in [6.07, 6.45) is 1.60. The van der Waals surface area contributed by atoms with Gasteiger partial charge < -0.3 is 4.52 Å². The van der Waals surface area contributed by atoms with Gasteiger partial charge in [-0.25, -0.2) is 0 Å². The average molecular weight is 201 g/mol. The van der Waals surface area contributed by atoms with E-state index in [4.69, 9.17) is 12.4 Å². The van der Waals surface area contributed by atoms with Crippen LogP contribution in [-0.2, 0) is 0 Å². The second-order valence-electron chi connectivity index (χ2n) is 2.62. The largest absolute Gasteiger partial charge is 0.332 e. The Bertz CT molecular complexity index is 428. The number of hydrogen-bond acceptors (Lipinski definition) is 4. The van der Waals surface area contributed by atoms with Crippen LogP contribution in [0.3, 0.4) is 0 Å². The zero-order valence-corrected chi connectivity index (χ0v) is 9.06. The highest BCUT2D eigenvalue weighted by atomic mass is 16.5. The predicted octanol–water partition coefficient (Wildman–Crippen LogP) is 1.26. The van der Waals surface area contributed by atoms with E-state index in [1.54, 1.807) is 25.3 Å². The second kappa shape index (κ2) is 5.29. The Balaban J connectivity index is 0.000000531. The van der Waals surface area contributed by atoms with E-state index in [1.807, 2.05) is 13.8 Å². The van der Waals surface area contributed by atoms with E-state index in [2.05, 4.69) is 15.1 Å². The summed E-state index contributed by atoms with van der Waals surface area (Å²) < 4.78 is 4.93. The fourth-order valence-corrected chi connectivity index (χ4v) is 0.965. The molecule has 2 aromatic heterocycles. The van der Waals surface area contributed by atoms with Crippen molar-refractivity contribution in [1.29, 1.82) is 0 Å². The predicted molar refractivity (Wildman–Crippen MR) is 59.0 cm³/mol. The minimum Gasteiger partial charge on any atom is -0.332 e. The van der Waals surface area contributed by atoms with Gasteiger partial charge in [0, 0.05) is 6.20 Å². The summed E-state index contributed by atoms with van der Waals surface area (Å²) in [5.74, 6) is 0.976. The first-order valence-electron chi connectivity index (χ1n) is 4.78. The first-order valence-corrected chi connectivity index (χ1v) is 4.78. The molecule has 0 aliphatic carbocycles. The summed E-state index contributed by atoms with van der Waals surface area (Å²) in [6.45, 7) is 5.75. The lowest BCUT2D eigenvalue weighted by Gasteiger charge is -1.93. The lowest BCUT2D eigenvalue weighted by Crippen LogP contribution is -2.02.